The molecule has 9 heteroatoms. The van der Waals surface area contributed by atoms with Crippen LogP contribution in [0.2, 0.25) is 10.0 Å². The molecule has 0 aromatic heterocycles. The molecule has 2 rings (SSSR count). The predicted molar refractivity (Wildman–Crippen MR) is 112 cm³/mol. The van der Waals surface area contributed by atoms with Crippen LogP contribution in [0.3, 0.4) is 0 Å². The van der Waals surface area contributed by atoms with E-state index in [-0.39, 0.29) is 33.7 Å². The number of anilines is 1. The number of aryl methyl sites for hydroxylation is 1. The number of unbranched alkanes of at least 4 members (excludes halogenated alkanes) is 1. The molecule has 152 valence electrons. The van der Waals surface area contributed by atoms with Crippen LogP contribution in [-0.2, 0) is 16.4 Å². The minimum absolute atomic E-state index is 0.0136. The van der Waals surface area contributed by atoms with Crippen LogP contribution in [0.25, 0.3) is 0 Å². The molecule has 28 heavy (non-hydrogen) atoms. The van der Waals surface area contributed by atoms with E-state index in [0.29, 0.717) is 5.69 Å². The molecule has 0 aliphatic rings. The summed E-state index contributed by atoms with van der Waals surface area (Å²) in [5, 5.41) is 11.2. The van der Waals surface area contributed by atoms with Gasteiger partial charge < -0.3 is 10.4 Å². The quantitative estimate of drug-likeness (QED) is 0.546. The molecule has 2 aromatic rings. The summed E-state index contributed by atoms with van der Waals surface area (Å²) in [6.07, 6.45) is 3.07. The number of hydrogen-bond donors (Lipinski definition) is 3. The van der Waals surface area contributed by atoms with Gasteiger partial charge in [0.15, 0.2) is 0 Å². The Bertz CT molecular complexity index is 932. The molecule has 0 spiro atoms. The molecule has 0 saturated carbocycles. The molecule has 0 heterocycles. The molecular formula is C19H22Cl2N2O4S. The van der Waals surface area contributed by atoms with Crippen LogP contribution in [0.4, 0.5) is 5.69 Å². The molecule has 0 aliphatic heterocycles. The van der Waals surface area contributed by atoms with Crippen molar-refractivity contribution in [2.75, 3.05) is 17.9 Å². The van der Waals surface area contributed by atoms with Crippen LogP contribution < -0.4 is 10.0 Å². The van der Waals surface area contributed by atoms with Crippen LogP contribution in [0.15, 0.2) is 41.3 Å². The zero-order chi connectivity index (χ0) is 20.7. The van der Waals surface area contributed by atoms with Gasteiger partial charge in [-0.1, -0.05) is 48.7 Å². The second kappa shape index (κ2) is 10.1. The number of aliphatic hydroxyl groups excluding tert-OH is 1. The maximum atomic E-state index is 12.8. The Morgan fingerprint density at radius 1 is 1.11 bits per heavy atom. The molecule has 0 bridgehead atoms. The van der Waals surface area contributed by atoms with Crippen LogP contribution in [0, 0.1) is 0 Å². The van der Waals surface area contributed by atoms with Gasteiger partial charge in [-0.25, -0.2) is 8.42 Å². The SMILES string of the molecule is CCCCc1ccc(NS(=O)(=O)c2cc(C(=O)NCCO)c(Cl)cc2Cl)cc1. The Labute approximate surface area is 174 Å². The maximum Gasteiger partial charge on any atom is 0.263 e. The van der Waals surface area contributed by atoms with E-state index in [2.05, 4.69) is 17.0 Å². The van der Waals surface area contributed by atoms with Gasteiger partial charge in [-0.15, -0.1) is 0 Å². The normalized spacial score (nSPS) is 11.3. The fourth-order valence-corrected chi connectivity index (χ4v) is 4.42. The lowest BCUT2D eigenvalue weighted by Gasteiger charge is -2.13. The smallest absolute Gasteiger partial charge is 0.263 e. The molecule has 0 radical (unpaired) electrons. The van der Waals surface area contributed by atoms with E-state index < -0.39 is 15.9 Å². The third-order valence-electron chi connectivity index (χ3n) is 3.98. The maximum absolute atomic E-state index is 12.8. The number of rotatable bonds is 9. The Morgan fingerprint density at radius 3 is 2.39 bits per heavy atom. The standard InChI is InChI=1S/C19H22Cl2N2O4S/c1-2-3-4-13-5-7-14(8-6-13)23-28(26,27)18-11-15(16(20)12-17(18)21)19(25)22-9-10-24/h5-8,11-12,23-24H,2-4,9-10H2,1H3,(H,22,25). The van der Waals surface area contributed by atoms with Crippen molar-refractivity contribution in [2.24, 2.45) is 0 Å². The summed E-state index contributed by atoms with van der Waals surface area (Å²) in [7, 11) is -4.04. The topological polar surface area (TPSA) is 95.5 Å². The molecule has 0 unspecified atom stereocenters. The number of carbonyl (C=O) groups excluding carboxylic acids is 1. The number of hydrogen-bond acceptors (Lipinski definition) is 4. The molecule has 6 nitrogen and oxygen atoms in total. The second-order valence-corrected chi connectivity index (χ2v) is 8.61. The molecule has 0 aliphatic carbocycles. The fourth-order valence-electron chi connectivity index (χ4n) is 2.50. The third kappa shape index (κ3) is 5.85. The average molecular weight is 445 g/mol. The lowest BCUT2D eigenvalue weighted by molar-refractivity contribution is 0.0944. The molecule has 3 N–H and O–H groups in total. The largest absolute Gasteiger partial charge is 0.395 e. The van der Waals surface area contributed by atoms with Crippen LogP contribution in [-0.4, -0.2) is 32.6 Å². The van der Waals surface area contributed by atoms with E-state index in [9.17, 15) is 13.2 Å². The van der Waals surface area contributed by atoms with Crippen molar-refractivity contribution in [1.82, 2.24) is 5.32 Å². The van der Waals surface area contributed by atoms with Crippen LogP contribution in [0.5, 0.6) is 0 Å². The first-order valence-corrected chi connectivity index (χ1v) is 11.0. The Morgan fingerprint density at radius 2 is 1.79 bits per heavy atom. The van der Waals surface area contributed by atoms with Gasteiger partial charge in [0.05, 0.1) is 22.2 Å². The molecule has 0 saturated heterocycles. The lowest BCUT2D eigenvalue weighted by Crippen LogP contribution is -2.27. The van der Waals surface area contributed by atoms with E-state index in [0.717, 1.165) is 30.9 Å². The zero-order valence-electron chi connectivity index (χ0n) is 15.3. The van der Waals surface area contributed by atoms with Crippen molar-refractivity contribution in [2.45, 2.75) is 31.1 Å². The van der Waals surface area contributed by atoms with Crippen molar-refractivity contribution in [3.63, 3.8) is 0 Å². The number of amides is 1. The summed E-state index contributed by atoms with van der Waals surface area (Å²) >= 11 is 12.1. The summed E-state index contributed by atoms with van der Waals surface area (Å²) in [4.78, 5) is 11.9. The van der Waals surface area contributed by atoms with Crippen molar-refractivity contribution in [3.8, 4) is 0 Å². The minimum atomic E-state index is -4.04. The Balaban J connectivity index is 2.28. The van der Waals surface area contributed by atoms with Gasteiger partial charge in [-0.05, 0) is 42.7 Å². The predicted octanol–water partition coefficient (Wildman–Crippen LogP) is 3.86. The van der Waals surface area contributed by atoms with Crippen molar-refractivity contribution < 1.29 is 18.3 Å². The summed E-state index contributed by atoms with van der Waals surface area (Å²) in [5.41, 5.74) is 1.46. The van der Waals surface area contributed by atoms with Gasteiger partial charge in [0, 0.05) is 12.2 Å². The number of halogens is 2. The van der Waals surface area contributed by atoms with Gasteiger partial charge >= 0.3 is 0 Å². The van der Waals surface area contributed by atoms with E-state index >= 15 is 0 Å². The summed E-state index contributed by atoms with van der Waals surface area (Å²) < 4.78 is 28.0. The van der Waals surface area contributed by atoms with E-state index in [1.54, 1.807) is 12.1 Å². The highest BCUT2D eigenvalue weighted by molar-refractivity contribution is 7.92. The Kier molecular flexibility index (Phi) is 8.12. The van der Waals surface area contributed by atoms with Gasteiger partial charge in [-0.3, -0.25) is 9.52 Å². The van der Waals surface area contributed by atoms with E-state index in [1.165, 1.54) is 6.07 Å². The molecule has 2 aromatic carbocycles. The first kappa shape index (κ1) is 22.5. The average Bonchev–Trinajstić information content (AvgIpc) is 2.65. The summed E-state index contributed by atoms with van der Waals surface area (Å²) in [5.74, 6) is -0.604. The molecular weight excluding hydrogens is 423 g/mol. The molecule has 0 atom stereocenters. The zero-order valence-corrected chi connectivity index (χ0v) is 17.7. The summed E-state index contributed by atoms with van der Waals surface area (Å²) in [6.45, 7) is 1.87. The number of sulfonamides is 1. The van der Waals surface area contributed by atoms with Gasteiger partial charge in [0.1, 0.15) is 4.90 Å². The highest BCUT2D eigenvalue weighted by Gasteiger charge is 2.23. The monoisotopic (exact) mass is 444 g/mol. The Hall–Kier alpha value is -1.80. The van der Waals surface area contributed by atoms with E-state index in [1.807, 2.05) is 12.1 Å². The van der Waals surface area contributed by atoms with Gasteiger partial charge in [0.2, 0.25) is 0 Å². The number of carbonyl (C=O) groups is 1. The van der Waals surface area contributed by atoms with Crippen molar-refractivity contribution >= 4 is 44.8 Å². The highest BCUT2D eigenvalue weighted by atomic mass is 35.5. The van der Waals surface area contributed by atoms with Crippen LogP contribution >= 0.6 is 23.2 Å². The van der Waals surface area contributed by atoms with Crippen molar-refractivity contribution in [3.05, 3.63) is 57.6 Å². The van der Waals surface area contributed by atoms with E-state index in [4.69, 9.17) is 28.3 Å². The number of benzene rings is 2. The first-order chi connectivity index (χ1) is 13.3. The number of aliphatic hydroxyl groups is 1. The minimum Gasteiger partial charge on any atom is -0.395 e. The molecule has 0 fully saturated rings. The van der Waals surface area contributed by atoms with Gasteiger partial charge in [0.25, 0.3) is 15.9 Å². The van der Waals surface area contributed by atoms with Crippen LogP contribution in [0.1, 0.15) is 35.7 Å². The summed E-state index contributed by atoms with van der Waals surface area (Å²) in [6, 6.07) is 9.42. The highest BCUT2D eigenvalue weighted by Crippen LogP contribution is 2.30. The first-order valence-electron chi connectivity index (χ1n) is 8.78. The van der Waals surface area contributed by atoms with Crippen molar-refractivity contribution in [1.29, 1.82) is 0 Å². The second-order valence-electron chi connectivity index (χ2n) is 6.15. The molecule has 1 amide bonds. The lowest BCUT2D eigenvalue weighted by atomic mass is 10.1. The number of nitrogens with one attached hydrogen (secondary N) is 2. The fraction of sp³-hybridized carbons (Fsp3) is 0.316. The van der Waals surface area contributed by atoms with Gasteiger partial charge in [-0.2, -0.15) is 0 Å². The third-order valence-corrected chi connectivity index (χ3v) is 6.14.